The minimum Gasteiger partial charge on any atom is -0.494 e. The van der Waals surface area contributed by atoms with Gasteiger partial charge in [-0.15, -0.1) is 0 Å². The molecular weight excluding hydrogens is 311 g/mol. The number of halogens is 1. The van der Waals surface area contributed by atoms with Crippen molar-refractivity contribution in [2.45, 2.75) is 12.2 Å². The second kappa shape index (κ2) is 6.04. The first-order chi connectivity index (χ1) is 11.7. The van der Waals surface area contributed by atoms with Crippen molar-refractivity contribution >= 4 is 11.5 Å². The highest BCUT2D eigenvalue weighted by Gasteiger charge is 2.26. The van der Waals surface area contributed by atoms with Crippen LogP contribution in [0.5, 0.6) is 5.75 Å². The molecule has 2 atom stereocenters. The third-order valence-corrected chi connectivity index (χ3v) is 4.07. The van der Waals surface area contributed by atoms with Gasteiger partial charge in [-0.1, -0.05) is 6.07 Å². The molecule has 124 valence electrons. The van der Waals surface area contributed by atoms with Crippen LogP contribution >= 0.6 is 0 Å². The first-order valence-electron chi connectivity index (χ1n) is 7.71. The monoisotopic (exact) mass is 328 g/mol. The predicted octanol–water partition coefficient (Wildman–Crippen LogP) is 1.52. The van der Waals surface area contributed by atoms with Gasteiger partial charge in [0.2, 0.25) is 0 Å². The van der Waals surface area contributed by atoms with Gasteiger partial charge in [0.1, 0.15) is 12.0 Å². The highest BCUT2D eigenvalue weighted by molar-refractivity contribution is 5.75. The maximum Gasteiger partial charge on any atom is 0.164 e. The zero-order valence-electron chi connectivity index (χ0n) is 13.1. The molecule has 1 fully saturated rings. The Balaban J connectivity index is 1.66. The first kappa shape index (κ1) is 14.8. The Morgan fingerprint density at radius 3 is 3.04 bits per heavy atom. The smallest absolute Gasteiger partial charge is 0.164 e. The van der Waals surface area contributed by atoms with E-state index in [0.717, 1.165) is 11.3 Å². The lowest BCUT2D eigenvalue weighted by Gasteiger charge is -2.15. The second-order valence-corrected chi connectivity index (χ2v) is 5.65. The Bertz CT molecular complexity index is 867. The van der Waals surface area contributed by atoms with Crippen LogP contribution in [0.2, 0.25) is 0 Å². The van der Waals surface area contributed by atoms with Gasteiger partial charge in [-0.2, -0.15) is 5.10 Å². The molecule has 24 heavy (non-hydrogen) atoms. The van der Waals surface area contributed by atoms with E-state index in [0.29, 0.717) is 30.3 Å². The number of hydrogen-bond donors (Lipinski definition) is 2. The van der Waals surface area contributed by atoms with Crippen LogP contribution in [0.1, 0.15) is 0 Å². The summed E-state index contributed by atoms with van der Waals surface area (Å²) in [4.78, 5) is 8.95. The maximum absolute atomic E-state index is 13.7. The zero-order chi connectivity index (χ0) is 16.5. The van der Waals surface area contributed by atoms with Crippen LogP contribution in [-0.2, 0) is 0 Å². The summed E-state index contributed by atoms with van der Waals surface area (Å²) < 4.78 is 20.5. The average molecular weight is 328 g/mol. The fourth-order valence-electron chi connectivity index (χ4n) is 2.79. The first-order valence-corrected chi connectivity index (χ1v) is 7.71. The lowest BCUT2D eigenvalue weighted by Crippen LogP contribution is -2.29. The highest BCUT2D eigenvalue weighted by atomic mass is 19.1. The summed E-state index contributed by atoms with van der Waals surface area (Å²) in [5, 5.41) is 10.5. The number of anilines is 1. The van der Waals surface area contributed by atoms with E-state index in [9.17, 15) is 4.39 Å². The van der Waals surface area contributed by atoms with E-state index in [1.165, 1.54) is 0 Å². The average Bonchev–Trinajstić information content (AvgIpc) is 3.21. The largest absolute Gasteiger partial charge is 0.494 e. The number of hydrogen-bond acceptors (Lipinski definition) is 6. The molecule has 1 aliphatic heterocycles. The molecule has 0 aromatic carbocycles. The second-order valence-electron chi connectivity index (χ2n) is 5.65. The van der Waals surface area contributed by atoms with Crippen molar-refractivity contribution in [1.29, 1.82) is 0 Å². The quantitative estimate of drug-likeness (QED) is 0.756. The van der Waals surface area contributed by atoms with Crippen molar-refractivity contribution in [3.63, 3.8) is 0 Å². The highest BCUT2D eigenvalue weighted by Crippen LogP contribution is 2.24. The fraction of sp³-hybridized carbons (Fsp3) is 0.312. The minimum absolute atomic E-state index is 0.265. The van der Waals surface area contributed by atoms with Crippen molar-refractivity contribution in [1.82, 2.24) is 24.9 Å². The molecule has 0 saturated carbocycles. The van der Waals surface area contributed by atoms with Crippen molar-refractivity contribution in [3.8, 4) is 17.0 Å². The molecule has 0 bridgehead atoms. The molecule has 4 heterocycles. The topological polar surface area (TPSA) is 76.4 Å². The Labute approximate surface area is 137 Å². The molecule has 3 aromatic rings. The number of alkyl halides is 1. The van der Waals surface area contributed by atoms with Crippen molar-refractivity contribution < 1.29 is 9.13 Å². The fourth-order valence-corrected chi connectivity index (χ4v) is 2.79. The van der Waals surface area contributed by atoms with Crippen LogP contribution < -0.4 is 15.4 Å². The Hall–Kier alpha value is -2.74. The lowest BCUT2D eigenvalue weighted by molar-refractivity contribution is 0.342. The number of nitrogens with zero attached hydrogens (tertiary/aromatic N) is 4. The summed E-state index contributed by atoms with van der Waals surface area (Å²) in [6.45, 7) is 0.961. The molecule has 8 heteroatoms. The molecule has 1 saturated heterocycles. The summed E-state index contributed by atoms with van der Waals surface area (Å²) in [7, 11) is 1.58. The van der Waals surface area contributed by atoms with Gasteiger partial charge in [-0.05, 0) is 12.1 Å². The van der Waals surface area contributed by atoms with E-state index in [4.69, 9.17) is 4.74 Å². The number of fused-ring (bicyclic) bond motifs is 1. The molecule has 1 aliphatic rings. The van der Waals surface area contributed by atoms with Gasteiger partial charge in [-0.25, -0.2) is 18.9 Å². The van der Waals surface area contributed by atoms with Gasteiger partial charge in [0.25, 0.3) is 0 Å². The van der Waals surface area contributed by atoms with E-state index in [1.54, 1.807) is 30.2 Å². The summed E-state index contributed by atoms with van der Waals surface area (Å²) in [5.41, 5.74) is 2.23. The Kier molecular flexibility index (Phi) is 3.73. The standard InChI is InChI=1S/C16H17FN6O/c1-24-10-5-19-16-11(6-20-23(16)9-10)13-3-2-4-15(21-13)22-14-8-18-7-12(14)17/h2-6,9,12,14,18H,7-8H2,1H3,(H,21,22). The van der Waals surface area contributed by atoms with Gasteiger partial charge < -0.3 is 15.4 Å². The van der Waals surface area contributed by atoms with E-state index in [2.05, 4.69) is 25.7 Å². The number of aromatic nitrogens is 4. The molecule has 2 unspecified atom stereocenters. The molecule has 3 aromatic heterocycles. The molecule has 0 aliphatic carbocycles. The van der Waals surface area contributed by atoms with Gasteiger partial charge in [0.15, 0.2) is 11.4 Å². The van der Waals surface area contributed by atoms with Gasteiger partial charge in [0.05, 0.1) is 43.0 Å². The zero-order valence-corrected chi connectivity index (χ0v) is 13.1. The van der Waals surface area contributed by atoms with Crippen LogP contribution in [-0.4, -0.2) is 52.0 Å². The summed E-state index contributed by atoms with van der Waals surface area (Å²) >= 11 is 0. The Morgan fingerprint density at radius 1 is 1.33 bits per heavy atom. The normalized spacial score (nSPS) is 20.4. The number of nitrogens with one attached hydrogen (secondary N) is 2. The molecule has 0 amide bonds. The van der Waals surface area contributed by atoms with E-state index in [-0.39, 0.29) is 6.04 Å². The lowest BCUT2D eigenvalue weighted by atomic mass is 10.2. The molecular formula is C16H17FN6O. The molecule has 0 spiro atoms. The van der Waals surface area contributed by atoms with Gasteiger partial charge >= 0.3 is 0 Å². The van der Waals surface area contributed by atoms with Crippen molar-refractivity contribution in [2.24, 2.45) is 0 Å². The van der Waals surface area contributed by atoms with E-state index >= 15 is 0 Å². The summed E-state index contributed by atoms with van der Waals surface area (Å²) in [5.74, 6) is 1.26. The number of methoxy groups -OCH3 is 1. The summed E-state index contributed by atoms with van der Waals surface area (Å²) in [6.07, 6.45) is 4.19. The third-order valence-electron chi connectivity index (χ3n) is 4.07. The Morgan fingerprint density at radius 2 is 2.25 bits per heavy atom. The summed E-state index contributed by atoms with van der Waals surface area (Å²) in [6, 6.07) is 5.33. The molecule has 0 radical (unpaired) electrons. The van der Waals surface area contributed by atoms with Crippen LogP contribution in [0.4, 0.5) is 10.2 Å². The molecule has 2 N–H and O–H groups in total. The van der Waals surface area contributed by atoms with E-state index < -0.39 is 6.17 Å². The predicted molar refractivity (Wildman–Crippen MR) is 87.9 cm³/mol. The number of rotatable bonds is 4. The van der Waals surface area contributed by atoms with Crippen molar-refractivity contribution in [3.05, 3.63) is 36.8 Å². The van der Waals surface area contributed by atoms with Crippen LogP contribution in [0.3, 0.4) is 0 Å². The maximum atomic E-state index is 13.7. The van der Waals surface area contributed by atoms with Gasteiger partial charge in [-0.3, -0.25) is 0 Å². The number of pyridine rings is 1. The van der Waals surface area contributed by atoms with Crippen molar-refractivity contribution in [2.75, 3.05) is 25.5 Å². The molecule has 7 nitrogen and oxygen atoms in total. The van der Waals surface area contributed by atoms with Crippen LogP contribution in [0.25, 0.3) is 16.9 Å². The minimum atomic E-state index is -0.915. The number of ether oxygens (including phenoxy) is 1. The molecule has 4 rings (SSSR count). The van der Waals surface area contributed by atoms with Crippen LogP contribution in [0.15, 0.2) is 36.8 Å². The third kappa shape index (κ3) is 2.65. The van der Waals surface area contributed by atoms with Crippen LogP contribution in [0, 0.1) is 0 Å². The van der Waals surface area contributed by atoms with E-state index in [1.807, 2.05) is 18.2 Å². The van der Waals surface area contributed by atoms with Gasteiger partial charge in [0, 0.05) is 13.1 Å². The SMILES string of the molecule is COc1cnc2c(-c3cccc(NC4CNCC4F)n3)cnn2c1.